The van der Waals surface area contributed by atoms with Crippen LogP contribution in [0.4, 0.5) is 14.5 Å². The summed E-state index contributed by atoms with van der Waals surface area (Å²) < 4.78 is 26.8. The molecule has 1 aromatic rings. The van der Waals surface area contributed by atoms with Gasteiger partial charge in [0.05, 0.1) is 4.92 Å². The third kappa shape index (κ3) is 1.62. The molecule has 0 aromatic heterocycles. The van der Waals surface area contributed by atoms with Gasteiger partial charge in [0.15, 0.2) is 0 Å². The molecule has 1 aliphatic rings. The molecule has 1 aromatic carbocycles. The lowest BCUT2D eigenvalue weighted by Crippen LogP contribution is -2.07. The van der Waals surface area contributed by atoms with Crippen LogP contribution in [0.3, 0.4) is 0 Å². The second-order valence-corrected chi connectivity index (χ2v) is 4.51. The maximum atomic E-state index is 13.4. The van der Waals surface area contributed by atoms with E-state index in [0.29, 0.717) is 5.56 Å². The number of hydrogen-bond donors (Lipinski definition) is 0. The summed E-state index contributed by atoms with van der Waals surface area (Å²) in [6.45, 7) is 0. The van der Waals surface area contributed by atoms with E-state index >= 15 is 0 Å². The highest BCUT2D eigenvalue weighted by molar-refractivity contribution is 9.09. The number of benzene rings is 1. The van der Waals surface area contributed by atoms with E-state index in [4.69, 9.17) is 0 Å². The minimum Gasteiger partial charge on any atom is -0.258 e. The van der Waals surface area contributed by atoms with Crippen LogP contribution in [0.25, 0.3) is 0 Å². The maximum absolute atomic E-state index is 13.4. The Kier molecular flexibility index (Phi) is 2.26. The van der Waals surface area contributed by atoms with E-state index < -0.39 is 15.7 Å². The molecule has 0 N–H and O–H groups in total. The van der Waals surface area contributed by atoms with E-state index in [0.717, 1.165) is 6.07 Å². The predicted octanol–water partition coefficient (Wildman–Crippen LogP) is 3.53. The number of halogens is 3. The van der Waals surface area contributed by atoms with Crippen LogP contribution in [0.15, 0.2) is 18.2 Å². The molecule has 80 valence electrons. The van der Waals surface area contributed by atoms with Crippen molar-refractivity contribution in [3.8, 4) is 0 Å². The predicted molar refractivity (Wildman–Crippen MR) is 53.3 cm³/mol. The van der Waals surface area contributed by atoms with Crippen molar-refractivity contribution < 1.29 is 13.7 Å². The van der Waals surface area contributed by atoms with Gasteiger partial charge in [0, 0.05) is 28.9 Å². The van der Waals surface area contributed by atoms with Crippen molar-refractivity contribution in [3.63, 3.8) is 0 Å². The summed E-state index contributed by atoms with van der Waals surface area (Å²) in [6.07, 6.45) is -0.344. The van der Waals surface area contributed by atoms with Gasteiger partial charge in [-0.25, -0.2) is 8.78 Å². The molecule has 3 nitrogen and oxygen atoms in total. The second-order valence-electron chi connectivity index (χ2n) is 3.40. The summed E-state index contributed by atoms with van der Waals surface area (Å²) in [4.78, 5) is 9.35. The molecule has 15 heavy (non-hydrogen) atoms. The van der Waals surface area contributed by atoms with Crippen LogP contribution in [-0.4, -0.2) is 4.92 Å². The second kappa shape index (κ2) is 3.23. The highest BCUT2D eigenvalue weighted by Gasteiger charge is 2.44. The monoisotopic (exact) mass is 277 g/mol. The maximum Gasteiger partial charge on any atom is 0.275 e. The lowest BCUT2D eigenvalue weighted by Gasteiger charge is -2.08. The summed E-state index contributed by atoms with van der Waals surface area (Å²) >= 11 is 3.12. The van der Waals surface area contributed by atoms with E-state index in [1.807, 2.05) is 0 Å². The lowest BCUT2D eigenvalue weighted by atomic mass is 10.1. The molecule has 0 heterocycles. The quantitative estimate of drug-likeness (QED) is 0.448. The van der Waals surface area contributed by atoms with Gasteiger partial charge in [0.2, 0.25) is 0 Å². The van der Waals surface area contributed by atoms with Crippen molar-refractivity contribution in [2.75, 3.05) is 0 Å². The normalized spacial score (nSPS) is 22.5. The number of hydrogen-bond acceptors (Lipinski definition) is 2. The van der Waals surface area contributed by atoms with E-state index in [9.17, 15) is 18.9 Å². The van der Waals surface area contributed by atoms with E-state index in [1.165, 1.54) is 12.1 Å². The first-order valence-electron chi connectivity index (χ1n) is 4.22. The van der Waals surface area contributed by atoms with Gasteiger partial charge in [-0.3, -0.25) is 10.1 Å². The minimum atomic E-state index is -2.98. The summed E-state index contributed by atoms with van der Waals surface area (Å²) in [5.41, 5.74) is -0.0980. The summed E-state index contributed by atoms with van der Waals surface area (Å²) in [6, 6.07) is 3.58. The van der Waals surface area contributed by atoms with Crippen LogP contribution in [0, 0.1) is 10.1 Å². The highest BCUT2D eigenvalue weighted by atomic mass is 79.9. The molecule has 0 radical (unpaired) electrons. The van der Waals surface area contributed by atoms with Crippen molar-refractivity contribution in [1.29, 1.82) is 0 Å². The molecule has 0 fully saturated rings. The van der Waals surface area contributed by atoms with Crippen molar-refractivity contribution in [2.45, 2.75) is 17.2 Å². The zero-order chi connectivity index (χ0) is 11.2. The van der Waals surface area contributed by atoms with Gasteiger partial charge in [-0.05, 0) is 5.56 Å². The van der Waals surface area contributed by atoms with E-state index in [2.05, 4.69) is 15.9 Å². The minimum absolute atomic E-state index is 0.237. The molecule has 1 aliphatic carbocycles. The van der Waals surface area contributed by atoms with Gasteiger partial charge in [-0.1, -0.05) is 22.0 Å². The molecule has 1 atom stereocenters. The van der Waals surface area contributed by atoms with Crippen molar-refractivity contribution in [2.24, 2.45) is 0 Å². The number of non-ortho nitro benzene ring substituents is 1. The Bertz CT molecular complexity index is 436. The number of nitrogens with zero attached hydrogens (tertiary/aromatic N) is 1. The van der Waals surface area contributed by atoms with Crippen molar-refractivity contribution in [3.05, 3.63) is 39.4 Å². The fourth-order valence-corrected chi connectivity index (χ4v) is 2.50. The van der Waals surface area contributed by atoms with Crippen LogP contribution in [0.1, 0.15) is 22.4 Å². The van der Waals surface area contributed by atoms with Crippen LogP contribution >= 0.6 is 15.9 Å². The topological polar surface area (TPSA) is 43.1 Å². The highest BCUT2D eigenvalue weighted by Crippen LogP contribution is 2.51. The number of nitro benzene ring substituents is 1. The molecule has 0 saturated heterocycles. The van der Waals surface area contributed by atoms with E-state index in [1.54, 1.807) is 0 Å². The Morgan fingerprint density at radius 3 is 2.80 bits per heavy atom. The number of rotatable bonds is 1. The fourth-order valence-electron chi connectivity index (χ4n) is 1.69. The van der Waals surface area contributed by atoms with Crippen LogP contribution < -0.4 is 0 Å². The van der Waals surface area contributed by atoms with Gasteiger partial charge < -0.3 is 0 Å². The van der Waals surface area contributed by atoms with Crippen molar-refractivity contribution in [1.82, 2.24) is 0 Å². The van der Waals surface area contributed by atoms with Crippen LogP contribution in [0.5, 0.6) is 0 Å². The SMILES string of the molecule is O=[N+]([O-])c1ccc2c(c1)C(F)(F)CC2Br. The van der Waals surface area contributed by atoms with Crippen LogP contribution in [-0.2, 0) is 5.92 Å². The first-order valence-corrected chi connectivity index (χ1v) is 5.14. The molecule has 0 amide bonds. The largest absolute Gasteiger partial charge is 0.275 e. The Balaban J connectivity index is 2.57. The molecule has 2 rings (SSSR count). The average Bonchev–Trinajstić information content (AvgIpc) is 2.37. The van der Waals surface area contributed by atoms with Gasteiger partial charge in [0.25, 0.3) is 11.6 Å². The van der Waals surface area contributed by atoms with Gasteiger partial charge in [-0.2, -0.15) is 0 Å². The van der Waals surface area contributed by atoms with Crippen molar-refractivity contribution >= 4 is 21.6 Å². The molecule has 6 heteroatoms. The zero-order valence-electron chi connectivity index (χ0n) is 7.41. The molecule has 0 spiro atoms. The Morgan fingerprint density at radius 1 is 1.53 bits per heavy atom. The van der Waals surface area contributed by atoms with Gasteiger partial charge >= 0.3 is 0 Å². The Morgan fingerprint density at radius 2 is 2.20 bits per heavy atom. The first-order chi connectivity index (χ1) is 6.92. The van der Waals surface area contributed by atoms with E-state index in [-0.39, 0.29) is 17.7 Å². The molecule has 1 unspecified atom stereocenters. The third-order valence-corrected chi connectivity index (χ3v) is 3.23. The number of fused-ring (bicyclic) bond motifs is 1. The lowest BCUT2D eigenvalue weighted by molar-refractivity contribution is -0.385. The summed E-state index contributed by atoms with van der Waals surface area (Å²) in [5.74, 6) is -2.98. The van der Waals surface area contributed by atoms with Gasteiger partial charge in [0.1, 0.15) is 0 Å². The first kappa shape index (κ1) is 10.5. The third-order valence-electron chi connectivity index (χ3n) is 2.41. The molecular formula is C9H6BrF2NO2. The Hall–Kier alpha value is -1.04. The van der Waals surface area contributed by atoms with Gasteiger partial charge in [-0.15, -0.1) is 0 Å². The average molecular weight is 278 g/mol. The number of alkyl halides is 3. The summed E-state index contributed by atoms with van der Waals surface area (Å²) in [5, 5.41) is 10.4. The Labute approximate surface area is 92.4 Å². The molecule has 0 saturated carbocycles. The zero-order valence-corrected chi connectivity index (χ0v) is 9.00. The summed E-state index contributed by atoms with van der Waals surface area (Å²) in [7, 11) is 0. The van der Waals surface area contributed by atoms with Crippen LogP contribution in [0.2, 0.25) is 0 Å². The molecular weight excluding hydrogens is 272 g/mol. The molecule has 0 aliphatic heterocycles. The standard InChI is InChI=1S/C9H6BrF2NO2/c10-8-4-9(11,12)7-3-5(13(14)15)1-2-6(7)8/h1-3,8H,4H2. The fraction of sp³-hybridized carbons (Fsp3) is 0.333. The molecule has 0 bridgehead atoms. The number of nitro groups is 1. The smallest absolute Gasteiger partial charge is 0.258 e.